The van der Waals surface area contributed by atoms with E-state index in [-0.39, 0.29) is 5.91 Å². The number of amides is 1. The van der Waals surface area contributed by atoms with Crippen LogP contribution in [-0.4, -0.2) is 26.1 Å². The van der Waals surface area contributed by atoms with Crippen molar-refractivity contribution in [3.05, 3.63) is 34.3 Å². The van der Waals surface area contributed by atoms with E-state index in [0.717, 1.165) is 11.7 Å². The molecule has 0 aliphatic carbocycles. The van der Waals surface area contributed by atoms with E-state index in [1.54, 1.807) is 16.2 Å². The van der Waals surface area contributed by atoms with Crippen molar-refractivity contribution in [1.82, 2.24) is 13.6 Å². The molecule has 4 nitrogen and oxygen atoms in total. The van der Waals surface area contributed by atoms with Crippen molar-refractivity contribution in [2.75, 3.05) is 6.54 Å². The number of nitrogens with zero attached hydrogens (tertiary/aromatic N) is 3. The summed E-state index contributed by atoms with van der Waals surface area (Å²) in [5.41, 5.74) is 0.434. The van der Waals surface area contributed by atoms with Gasteiger partial charge in [-0.05, 0) is 18.4 Å². The van der Waals surface area contributed by atoms with Crippen LogP contribution in [0.4, 0.5) is 0 Å². The Morgan fingerprint density at radius 3 is 3.00 bits per heavy atom. The Hall–Kier alpha value is -1.27. The second-order valence-electron chi connectivity index (χ2n) is 3.19. The molecule has 0 spiro atoms. The van der Waals surface area contributed by atoms with E-state index in [0.29, 0.717) is 18.8 Å². The zero-order valence-electron chi connectivity index (χ0n) is 8.79. The molecule has 16 heavy (non-hydrogen) atoms. The maximum Gasteiger partial charge on any atom is 0.275 e. The molecule has 2 rings (SSSR count). The van der Waals surface area contributed by atoms with E-state index >= 15 is 0 Å². The summed E-state index contributed by atoms with van der Waals surface area (Å²) < 4.78 is 7.80. The van der Waals surface area contributed by atoms with Crippen LogP contribution in [0.2, 0.25) is 0 Å². The lowest BCUT2D eigenvalue weighted by Gasteiger charge is -2.18. The predicted octanol–water partition coefficient (Wildman–Crippen LogP) is 2.26. The Kier molecular flexibility index (Phi) is 3.63. The number of hydrogen-bond donors (Lipinski definition) is 0. The van der Waals surface area contributed by atoms with Crippen molar-refractivity contribution in [2.45, 2.75) is 13.5 Å². The van der Waals surface area contributed by atoms with E-state index in [4.69, 9.17) is 0 Å². The van der Waals surface area contributed by atoms with Gasteiger partial charge < -0.3 is 4.90 Å². The summed E-state index contributed by atoms with van der Waals surface area (Å²) in [4.78, 5) is 14.9. The Labute approximate surface area is 102 Å². The number of hydrogen-bond acceptors (Lipinski definition) is 5. The van der Waals surface area contributed by atoms with E-state index in [1.165, 1.54) is 11.1 Å². The number of carbonyl (C=O) groups is 1. The highest BCUT2D eigenvalue weighted by Crippen LogP contribution is 2.13. The molecule has 0 radical (unpaired) electrons. The molecule has 0 bridgehead atoms. The summed E-state index contributed by atoms with van der Waals surface area (Å²) in [6, 6.07) is 4.02. The Morgan fingerprint density at radius 2 is 2.44 bits per heavy atom. The summed E-state index contributed by atoms with van der Waals surface area (Å²) in [5, 5.41) is 2.01. The van der Waals surface area contributed by atoms with Crippen LogP contribution in [0.3, 0.4) is 0 Å². The second kappa shape index (κ2) is 5.18. The summed E-state index contributed by atoms with van der Waals surface area (Å²) in [6.07, 6.45) is 1.52. The van der Waals surface area contributed by atoms with Crippen molar-refractivity contribution < 1.29 is 4.79 Å². The van der Waals surface area contributed by atoms with Gasteiger partial charge in [0.05, 0.1) is 24.5 Å². The fraction of sp³-hybridized carbons (Fsp3) is 0.300. The second-order valence-corrected chi connectivity index (χ2v) is 4.78. The molecule has 0 saturated heterocycles. The molecule has 0 aliphatic heterocycles. The van der Waals surface area contributed by atoms with Gasteiger partial charge in [0.2, 0.25) is 0 Å². The lowest BCUT2D eigenvalue weighted by molar-refractivity contribution is 0.0749. The molecule has 2 aromatic rings. The number of aromatic nitrogens is 2. The van der Waals surface area contributed by atoms with Crippen molar-refractivity contribution in [2.24, 2.45) is 0 Å². The lowest BCUT2D eigenvalue weighted by Crippen LogP contribution is -2.30. The normalized spacial score (nSPS) is 10.3. The SMILES string of the molecule is CCN(Cc1cccs1)C(=O)c1cnsn1. The average Bonchev–Trinajstić information content (AvgIpc) is 2.97. The minimum atomic E-state index is -0.0512. The maximum atomic E-state index is 12.0. The highest BCUT2D eigenvalue weighted by molar-refractivity contribution is 7.09. The third-order valence-corrected chi connectivity index (χ3v) is 3.52. The molecular formula is C10H11N3OS2. The van der Waals surface area contributed by atoms with Crippen molar-refractivity contribution in [3.63, 3.8) is 0 Å². The van der Waals surface area contributed by atoms with E-state index in [1.807, 2.05) is 24.4 Å². The monoisotopic (exact) mass is 253 g/mol. The van der Waals surface area contributed by atoms with E-state index < -0.39 is 0 Å². The molecule has 6 heteroatoms. The maximum absolute atomic E-state index is 12.0. The Balaban J connectivity index is 2.08. The van der Waals surface area contributed by atoms with Crippen molar-refractivity contribution >= 4 is 29.0 Å². The molecule has 0 saturated carbocycles. The quantitative estimate of drug-likeness (QED) is 0.839. The molecular weight excluding hydrogens is 242 g/mol. The summed E-state index contributed by atoms with van der Waals surface area (Å²) in [6.45, 7) is 3.28. The zero-order valence-corrected chi connectivity index (χ0v) is 10.4. The van der Waals surface area contributed by atoms with Crippen LogP contribution in [0.5, 0.6) is 0 Å². The van der Waals surface area contributed by atoms with Crippen molar-refractivity contribution in [1.29, 1.82) is 0 Å². The molecule has 0 aliphatic rings. The summed E-state index contributed by atoms with van der Waals surface area (Å²) in [7, 11) is 0. The van der Waals surface area contributed by atoms with Gasteiger partial charge in [0.25, 0.3) is 5.91 Å². The van der Waals surface area contributed by atoms with Gasteiger partial charge in [-0.3, -0.25) is 4.79 Å². The molecule has 0 atom stereocenters. The van der Waals surface area contributed by atoms with E-state index in [2.05, 4.69) is 8.75 Å². The van der Waals surface area contributed by atoms with Gasteiger partial charge in [0, 0.05) is 11.4 Å². The van der Waals surface area contributed by atoms with Gasteiger partial charge in [-0.1, -0.05) is 6.07 Å². The topological polar surface area (TPSA) is 46.1 Å². The van der Waals surface area contributed by atoms with Crippen molar-refractivity contribution in [3.8, 4) is 0 Å². The van der Waals surface area contributed by atoms with Crippen LogP contribution in [-0.2, 0) is 6.54 Å². The van der Waals surface area contributed by atoms with Gasteiger partial charge in [0.15, 0.2) is 5.69 Å². The fourth-order valence-corrected chi connectivity index (χ4v) is 2.47. The third kappa shape index (κ3) is 2.45. The standard InChI is InChI=1S/C10H11N3OS2/c1-2-13(7-8-4-3-5-15-8)10(14)9-6-11-16-12-9/h3-6H,2,7H2,1H3. The first-order valence-corrected chi connectivity index (χ1v) is 6.51. The van der Waals surface area contributed by atoms with Crippen LogP contribution in [0.15, 0.2) is 23.7 Å². The molecule has 0 N–H and O–H groups in total. The summed E-state index contributed by atoms with van der Waals surface area (Å²) in [5.74, 6) is -0.0512. The van der Waals surface area contributed by atoms with Gasteiger partial charge in [-0.25, -0.2) is 0 Å². The van der Waals surface area contributed by atoms with Gasteiger partial charge in [-0.15, -0.1) is 11.3 Å². The molecule has 1 amide bonds. The Bertz CT molecular complexity index is 439. The van der Waals surface area contributed by atoms with Crippen LogP contribution >= 0.6 is 23.1 Å². The minimum absolute atomic E-state index is 0.0512. The fourth-order valence-electron chi connectivity index (χ4n) is 1.34. The van der Waals surface area contributed by atoms with Crippen LogP contribution in [0, 0.1) is 0 Å². The molecule has 2 aromatic heterocycles. The van der Waals surface area contributed by atoms with Gasteiger partial charge in [-0.2, -0.15) is 8.75 Å². The van der Waals surface area contributed by atoms with Crippen LogP contribution < -0.4 is 0 Å². The number of rotatable bonds is 4. The number of carbonyl (C=O) groups excluding carboxylic acids is 1. The smallest absolute Gasteiger partial charge is 0.275 e. The van der Waals surface area contributed by atoms with Crippen LogP contribution in [0.25, 0.3) is 0 Å². The zero-order chi connectivity index (χ0) is 11.4. The van der Waals surface area contributed by atoms with Crippen LogP contribution in [0.1, 0.15) is 22.3 Å². The minimum Gasteiger partial charge on any atom is -0.332 e. The lowest BCUT2D eigenvalue weighted by atomic mass is 10.3. The predicted molar refractivity (Wildman–Crippen MR) is 64.6 cm³/mol. The molecule has 2 heterocycles. The Morgan fingerprint density at radius 1 is 1.56 bits per heavy atom. The van der Waals surface area contributed by atoms with Gasteiger partial charge in [0.1, 0.15) is 0 Å². The average molecular weight is 253 g/mol. The first-order chi connectivity index (χ1) is 7.81. The molecule has 0 aromatic carbocycles. The third-order valence-electron chi connectivity index (χ3n) is 2.18. The molecule has 0 unspecified atom stereocenters. The first-order valence-electron chi connectivity index (χ1n) is 4.90. The summed E-state index contributed by atoms with van der Waals surface area (Å²) >= 11 is 2.71. The number of thiophene rings is 1. The van der Waals surface area contributed by atoms with Gasteiger partial charge >= 0.3 is 0 Å². The highest BCUT2D eigenvalue weighted by Gasteiger charge is 2.17. The highest BCUT2D eigenvalue weighted by atomic mass is 32.1. The largest absolute Gasteiger partial charge is 0.332 e. The molecule has 84 valence electrons. The van der Waals surface area contributed by atoms with E-state index in [9.17, 15) is 4.79 Å². The first kappa shape index (κ1) is 11.2. The molecule has 0 fully saturated rings.